The van der Waals surface area contributed by atoms with Gasteiger partial charge in [0.05, 0.1) is 25.6 Å². The van der Waals surface area contributed by atoms with Crippen LogP contribution in [0, 0.1) is 11.8 Å². The third-order valence-electron chi connectivity index (χ3n) is 12.0. The molecule has 1 spiro atoms. The van der Waals surface area contributed by atoms with Crippen LogP contribution >= 0.6 is 0 Å². The highest BCUT2D eigenvalue weighted by Gasteiger charge is 2.76. The van der Waals surface area contributed by atoms with Crippen LogP contribution in [-0.4, -0.2) is 102 Å². The van der Waals surface area contributed by atoms with Gasteiger partial charge in [-0.1, -0.05) is 19.4 Å². The molecule has 1 saturated heterocycles. The summed E-state index contributed by atoms with van der Waals surface area (Å²) in [4.78, 5) is 52.7. The van der Waals surface area contributed by atoms with Crippen molar-refractivity contribution in [1.82, 2.24) is 10.2 Å². The van der Waals surface area contributed by atoms with Gasteiger partial charge in [0.25, 0.3) is 0 Å². The maximum atomic E-state index is 13.4. The van der Waals surface area contributed by atoms with Crippen LogP contribution in [0.4, 0.5) is 9.59 Å². The number of benzene rings is 1. The minimum atomic E-state index is -1.06. The van der Waals surface area contributed by atoms with Crippen LogP contribution in [0.25, 0.3) is 0 Å². The monoisotopic (exact) mass is 682 g/mol. The summed E-state index contributed by atoms with van der Waals surface area (Å²) < 4.78 is 18.4. The zero-order valence-corrected chi connectivity index (χ0v) is 30.3. The van der Waals surface area contributed by atoms with Crippen LogP contribution in [-0.2, 0) is 26.2 Å². The van der Waals surface area contributed by atoms with Gasteiger partial charge in [-0.2, -0.15) is 0 Å². The van der Waals surface area contributed by atoms with E-state index in [1.807, 2.05) is 33.8 Å². The summed E-state index contributed by atoms with van der Waals surface area (Å²) in [5.41, 5.74) is -0.465. The Hall–Kier alpha value is -3.18. The molecule has 4 unspecified atom stereocenters. The van der Waals surface area contributed by atoms with Crippen molar-refractivity contribution in [2.45, 2.75) is 127 Å². The minimum Gasteiger partial charge on any atom is -0.477 e. The number of Topliss-reactive ketones (excluding diaryl/α,β-unsaturated/α-hetero) is 2. The lowest BCUT2D eigenvalue weighted by Gasteiger charge is -2.64. The highest BCUT2D eigenvalue weighted by Crippen LogP contribution is 2.66. The average Bonchev–Trinajstić information content (AvgIpc) is 3.76. The van der Waals surface area contributed by atoms with Gasteiger partial charge in [0.1, 0.15) is 23.0 Å². The van der Waals surface area contributed by atoms with Crippen LogP contribution in [0.15, 0.2) is 12.1 Å². The normalized spacial score (nSPS) is 30.1. The van der Waals surface area contributed by atoms with Crippen LogP contribution in [0.5, 0.6) is 11.5 Å². The van der Waals surface area contributed by atoms with Gasteiger partial charge in [-0.25, -0.2) is 9.59 Å². The molecule has 6 rings (SSSR count). The number of nitrogens with zero attached hydrogens (tertiary/aromatic N) is 2. The topological polar surface area (TPSA) is 131 Å². The fraction of sp³-hybridized carbons (Fsp3) is 0.737. The number of nitrogens with one attached hydrogen (secondary N) is 1. The Morgan fingerprint density at radius 1 is 1.16 bits per heavy atom. The van der Waals surface area contributed by atoms with E-state index in [9.17, 15) is 24.3 Å². The smallest absolute Gasteiger partial charge is 0.415 e. The highest BCUT2D eigenvalue weighted by atomic mass is 16.6. The first kappa shape index (κ1) is 35.6. The Labute approximate surface area is 290 Å². The van der Waals surface area contributed by atoms with Crippen molar-refractivity contribution in [2.24, 2.45) is 11.8 Å². The predicted octanol–water partition coefficient (Wildman–Crippen LogP) is 5.08. The van der Waals surface area contributed by atoms with E-state index in [0.29, 0.717) is 56.9 Å². The zero-order chi connectivity index (χ0) is 35.4. The van der Waals surface area contributed by atoms with Crippen molar-refractivity contribution < 1.29 is 43.0 Å². The van der Waals surface area contributed by atoms with Gasteiger partial charge in [0.2, 0.25) is 0 Å². The summed E-state index contributed by atoms with van der Waals surface area (Å²) in [7, 11) is 3.94. The first-order valence-corrected chi connectivity index (χ1v) is 18.4. The number of likely N-dealkylation sites (tertiary alicyclic amines) is 1. The first-order chi connectivity index (χ1) is 23.1. The standard InChI is InChI=1S/C38H55N3O8/c1-24(10-7-8-19-39-34(44)49-36(2,3)4)27(42)11-9-20-40(5)35(45)47-29-15-14-26-22-30-38(46)17-16-28(43)33-37(38,31(26)32(29)48-33)18-21-41(30,6)23-25-12-13-25/h14-15,24-25,30,33,46H,7-13,16-23H2,1-6H3/p+1/t24?,30-,33?,37?,38?,41+/m1/s1. The lowest BCUT2D eigenvalue weighted by molar-refractivity contribution is -0.950. The highest BCUT2D eigenvalue weighted by molar-refractivity contribution is 5.90. The van der Waals surface area contributed by atoms with Crippen molar-refractivity contribution in [3.63, 3.8) is 0 Å². The summed E-state index contributed by atoms with van der Waals surface area (Å²) in [6.07, 6.45) is 5.99. The molecule has 11 nitrogen and oxygen atoms in total. The van der Waals surface area contributed by atoms with E-state index in [-0.39, 0.29) is 35.7 Å². The van der Waals surface area contributed by atoms with Gasteiger partial charge in [-0.3, -0.25) is 9.59 Å². The van der Waals surface area contributed by atoms with Crippen LogP contribution in [0.2, 0.25) is 0 Å². The second-order valence-corrected chi connectivity index (χ2v) is 16.8. The second-order valence-electron chi connectivity index (χ2n) is 16.8. The largest absolute Gasteiger partial charge is 0.477 e. The average molecular weight is 683 g/mol. The van der Waals surface area contributed by atoms with Gasteiger partial charge in [0, 0.05) is 63.2 Å². The molecule has 2 N–H and O–H groups in total. The molecule has 2 amide bonds. The molecule has 2 saturated carbocycles. The lowest BCUT2D eigenvalue weighted by Crippen LogP contribution is -2.80. The fourth-order valence-corrected chi connectivity index (χ4v) is 9.25. The Kier molecular flexibility index (Phi) is 9.58. The number of likely N-dealkylation sites (N-methyl/N-ethyl adjacent to an activating group) is 1. The molecule has 49 heavy (non-hydrogen) atoms. The maximum Gasteiger partial charge on any atom is 0.415 e. The van der Waals surface area contributed by atoms with E-state index >= 15 is 0 Å². The summed E-state index contributed by atoms with van der Waals surface area (Å²) in [5.74, 6) is 1.47. The zero-order valence-electron chi connectivity index (χ0n) is 30.3. The molecule has 3 aliphatic carbocycles. The molecule has 2 heterocycles. The van der Waals surface area contributed by atoms with Gasteiger partial charge < -0.3 is 34.0 Å². The molecular formula is C38H56N3O8+. The number of piperidine rings is 1. The number of ketones is 2. The molecule has 2 aliphatic heterocycles. The summed E-state index contributed by atoms with van der Waals surface area (Å²) in [5, 5.41) is 15.4. The van der Waals surface area contributed by atoms with E-state index < -0.39 is 34.9 Å². The summed E-state index contributed by atoms with van der Waals surface area (Å²) >= 11 is 0. The number of carbonyl (C=O) groups excluding carboxylic acids is 4. The number of alkyl carbamates (subject to hydrolysis) is 1. The number of quaternary nitrogens is 1. The lowest BCUT2D eigenvalue weighted by atomic mass is 9.48. The number of unbranched alkanes of at least 4 members (excludes halogenated alkanes) is 1. The Bertz CT molecular complexity index is 1490. The third-order valence-corrected chi connectivity index (χ3v) is 12.0. The molecule has 6 atom stereocenters. The number of hydrogen-bond acceptors (Lipinski definition) is 8. The second kappa shape index (κ2) is 13.2. The fourth-order valence-electron chi connectivity index (χ4n) is 9.25. The van der Waals surface area contributed by atoms with Gasteiger partial charge in [-0.15, -0.1) is 0 Å². The number of hydrogen-bond donors (Lipinski definition) is 2. The van der Waals surface area contributed by atoms with Crippen molar-refractivity contribution in [3.8, 4) is 11.5 Å². The first-order valence-electron chi connectivity index (χ1n) is 18.4. The predicted molar refractivity (Wildman–Crippen MR) is 183 cm³/mol. The van der Waals surface area contributed by atoms with E-state index in [0.717, 1.165) is 48.0 Å². The minimum absolute atomic E-state index is 0.00868. The molecule has 2 bridgehead atoms. The SMILES string of the molecule is CC(CCCCNC(=O)OC(C)(C)C)C(=O)CCCN(C)C(=O)Oc1ccc2c3c1OC1C(=O)CCC4(O)[C@@H](C2)[N@+](C)(CC2CC2)CCC314. The number of rotatable bonds is 13. The van der Waals surface area contributed by atoms with E-state index in [4.69, 9.17) is 14.2 Å². The molecule has 5 aliphatic rings. The van der Waals surface area contributed by atoms with E-state index in [1.165, 1.54) is 17.7 Å². The number of amides is 2. The Balaban J connectivity index is 1.03. The quantitative estimate of drug-likeness (QED) is 0.218. The van der Waals surface area contributed by atoms with Crippen molar-refractivity contribution >= 4 is 23.8 Å². The molecule has 270 valence electrons. The van der Waals surface area contributed by atoms with Gasteiger partial charge in [0.15, 0.2) is 23.4 Å². The molecule has 1 aromatic carbocycles. The maximum absolute atomic E-state index is 13.4. The van der Waals surface area contributed by atoms with Crippen molar-refractivity contribution in [3.05, 3.63) is 23.3 Å². The van der Waals surface area contributed by atoms with Crippen molar-refractivity contribution in [2.75, 3.05) is 40.3 Å². The summed E-state index contributed by atoms with van der Waals surface area (Å²) in [6, 6.07) is 3.77. The van der Waals surface area contributed by atoms with E-state index in [2.05, 4.69) is 12.4 Å². The molecular weight excluding hydrogens is 626 g/mol. The Morgan fingerprint density at radius 2 is 1.92 bits per heavy atom. The number of carbonyl (C=O) groups is 4. The third kappa shape index (κ3) is 6.69. The Morgan fingerprint density at radius 3 is 2.63 bits per heavy atom. The van der Waals surface area contributed by atoms with Crippen LogP contribution in [0.1, 0.15) is 103 Å². The molecule has 1 aromatic rings. The van der Waals surface area contributed by atoms with Gasteiger partial charge >= 0.3 is 12.2 Å². The van der Waals surface area contributed by atoms with E-state index in [1.54, 1.807) is 13.1 Å². The van der Waals surface area contributed by atoms with Crippen molar-refractivity contribution in [1.29, 1.82) is 0 Å². The molecule has 3 fully saturated rings. The number of aliphatic hydroxyl groups is 1. The molecule has 0 aromatic heterocycles. The number of ether oxygens (including phenoxy) is 3. The molecule has 0 radical (unpaired) electrons. The van der Waals surface area contributed by atoms with Gasteiger partial charge in [-0.05, 0) is 70.9 Å². The van der Waals surface area contributed by atoms with Crippen LogP contribution in [0.3, 0.4) is 0 Å². The van der Waals surface area contributed by atoms with Crippen LogP contribution < -0.4 is 14.8 Å². The molecule has 11 heteroatoms. The summed E-state index contributed by atoms with van der Waals surface area (Å²) in [6.45, 7) is 10.2.